The van der Waals surface area contributed by atoms with Crippen LogP contribution in [-0.2, 0) is 14.8 Å². The number of nitro benzene ring substituents is 1. The number of ether oxygens (including phenoxy) is 1. The summed E-state index contributed by atoms with van der Waals surface area (Å²) in [4.78, 5) is 21.0. The molecule has 1 N–H and O–H groups in total. The van der Waals surface area contributed by atoms with E-state index in [1.54, 1.807) is 0 Å². The van der Waals surface area contributed by atoms with Crippen LogP contribution in [0.3, 0.4) is 0 Å². The van der Waals surface area contributed by atoms with Crippen molar-refractivity contribution in [1.82, 2.24) is 0 Å². The highest BCUT2D eigenvalue weighted by atomic mass is 35.5. The normalized spacial score (nSPS) is 11.0. The van der Waals surface area contributed by atoms with Crippen LogP contribution in [0, 0.1) is 10.1 Å². The maximum Gasteiger partial charge on any atom is 0.324 e. The Morgan fingerprint density at radius 1 is 1.31 bits per heavy atom. The van der Waals surface area contributed by atoms with E-state index in [1.807, 2.05) is 0 Å². The average molecular weight is 401 g/mol. The van der Waals surface area contributed by atoms with Crippen molar-refractivity contribution >= 4 is 39.0 Å². The SMILES string of the molecule is COc1ccc(Cl)cc1N(CC(=O)O)S(=O)(=O)c1cccc([N+](=O)[O-])c1. The molecule has 0 bridgehead atoms. The summed E-state index contributed by atoms with van der Waals surface area (Å²) in [5.74, 6) is -1.36. The molecule has 0 saturated carbocycles. The van der Waals surface area contributed by atoms with Crippen LogP contribution in [0.15, 0.2) is 47.4 Å². The van der Waals surface area contributed by atoms with Crippen LogP contribution in [0.1, 0.15) is 0 Å². The minimum Gasteiger partial charge on any atom is -0.495 e. The highest BCUT2D eigenvalue weighted by molar-refractivity contribution is 7.92. The number of rotatable bonds is 7. The quantitative estimate of drug-likeness (QED) is 0.558. The molecular formula is C15H13ClN2O7S. The molecule has 0 aliphatic rings. The number of anilines is 1. The van der Waals surface area contributed by atoms with Crippen molar-refractivity contribution in [2.24, 2.45) is 0 Å². The maximum absolute atomic E-state index is 13.0. The van der Waals surface area contributed by atoms with Gasteiger partial charge in [0.2, 0.25) is 0 Å². The Labute approximate surface area is 153 Å². The van der Waals surface area contributed by atoms with Gasteiger partial charge in [-0.2, -0.15) is 0 Å². The number of sulfonamides is 1. The molecule has 0 heterocycles. The number of aliphatic carboxylic acids is 1. The van der Waals surface area contributed by atoms with E-state index >= 15 is 0 Å². The molecule has 0 aliphatic carbocycles. The van der Waals surface area contributed by atoms with Gasteiger partial charge in [0.1, 0.15) is 12.3 Å². The van der Waals surface area contributed by atoms with Gasteiger partial charge in [0.15, 0.2) is 0 Å². The van der Waals surface area contributed by atoms with Crippen molar-refractivity contribution < 1.29 is 28.0 Å². The Kier molecular flexibility index (Phi) is 5.68. The van der Waals surface area contributed by atoms with Crippen LogP contribution in [0.5, 0.6) is 5.75 Å². The molecule has 2 rings (SSSR count). The molecule has 0 saturated heterocycles. The lowest BCUT2D eigenvalue weighted by molar-refractivity contribution is -0.385. The predicted octanol–water partition coefficient (Wildman–Crippen LogP) is 2.54. The minimum atomic E-state index is -4.45. The van der Waals surface area contributed by atoms with Gasteiger partial charge in [0, 0.05) is 17.2 Å². The largest absolute Gasteiger partial charge is 0.495 e. The van der Waals surface area contributed by atoms with E-state index in [0.29, 0.717) is 4.31 Å². The summed E-state index contributed by atoms with van der Waals surface area (Å²) < 4.78 is 31.6. The molecule has 2 aromatic carbocycles. The number of methoxy groups -OCH3 is 1. The lowest BCUT2D eigenvalue weighted by Crippen LogP contribution is -2.36. The van der Waals surface area contributed by atoms with E-state index in [9.17, 15) is 23.3 Å². The van der Waals surface area contributed by atoms with Crippen LogP contribution < -0.4 is 9.04 Å². The predicted molar refractivity (Wildman–Crippen MR) is 93.3 cm³/mol. The van der Waals surface area contributed by atoms with Gasteiger partial charge < -0.3 is 9.84 Å². The first-order chi connectivity index (χ1) is 12.2. The van der Waals surface area contributed by atoms with Gasteiger partial charge in [-0.1, -0.05) is 17.7 Å². The van der Waals surface area contributed by atoms with E-state index < -0.39 is 38.0 Å². The van der Waals surface area contributed by atoms with Crippen LogP contribution in [0.4, 0.5) is 11.4 Å². The lowest BCUT2D eigenvalue weighted by Gasteiger charge is -2.24. The second-order valence-corrected chi connectivity index (χ2v) is 7.27. The molecule has 2 aromatic rings. The number of non-ortho nitro benzene ring substituents is 1. The molecule has 0 radical (unpaired) electrons. The molecule has 0 aliphatic heterocycles. The van der Waals surface area contributed by atoms with Gasteiger partial charge in [0.05, 0.1) is 22.6 Å². The minimum absolute atomic E-state index is 0.0738. The van der Waals surface area contributed by atoms with Crippen molar-refractivity contribution in [2.75, 3.05) is 18.0 Å². The summed E-state index contributed by atoms with van der Waals surface area (Å²) in [6.45, 7) is -0.929. The zero-order valence-corrected chi connectivity index (χ0v) is 14.9. The molecule has 0 aromatic heterocycles. The number of hydrogen-bond acceptors (Lipinski definition) is 6. The van der Waals surface area contributed by atoms with Gasteiger partial charge >= 0.3 is 5.97 Å². The first-order valence-corrected chi connectivity index (χ1v) is 8.81. The monoisotopic (exact) mass is 400 g/mol. The Morgan fingerprint density at radius 2 is 2.00 bits per heavy atom. The molecule has 11 heteroatoms. The number of hydrogen-bond donors (Lipinski definition) is 1. The maximum atomic E-state index is 13.0. The van der Waals surface area contributed by atoms with E-state index in [0.717, 1.165) is 18.2 Å². The Morgan fingerprint density at radius 3 is 2.58 bits per heavy atom. The first-order valence-electron chi connectivity index (χ1n) is 6.99. The molecular weight excluding hydrogens is 388 g/mol. The lowest BCUT2D eigenvalue weighted by atomic mass is 10.3. The van der Waals surface area contributed by atoms with Crippen molar-refractivity contribution in [1.29, 1.82) is 0 Å². The molecule has 0 spiro atoms. The number of carboxylic acids is 1. The number of carboxylic acid groups (broad SMARTS) is 1. The standard InChI is InChI=1S/C15H13ClN2O7S/c1-25-14-6-5-10(16)7-13(14)17(9-15(19)20)26(23,24)12-4-2-3-11(8-12)18(21)22/h2-8H,9H2,1H3,(H,19,20). The third-order valence-electron chi connectivity index (χ3n) is 3.30. The number of halogens is 1. The van der Waals surface area contributed by atoms with E-state index in [2.05, 4.69) is 0 Å². The van der Waals surface area contributed by atoms with E-state index in [1.165, 1.54) is 31.4 Å². The van der Waals surface area contributed by atoms with Gasteiger partial charge in [-0.25, -0.2) is 8.42 Å². The topological polar surface area (TPSA) is 127 Å². The molecule has 138 valence electrons. The van der Waals surface area contributed by atoms with Gasteiger partial charge in [-0.15, -0.1) is 0 Å². The summed E-state index contributed by atoms with van der Waals surface area (Å²) >= 11 is 5.90. The highest BCUT2D eigenvalue weighted by Crippen LogP contribution is 2.35. The third-order valence-corrected chi connectivity index (χ3v) is 5.30. The van der Waals surface area contributed by atoms with E-state index in [4.69, 9.17) is 21.4 Å². The summed E-state index contributed by atoms with van der Waals surface area (Å²) in [6, 6.07) is 8.37. The second-order valence-electron chi connectivity index (χ2n) is 4.98. The van der Waals surface area contributed by atoms with Crippen LogP contribution in [0.2, 0.25) is 5.02 Å². The van der Waals surface area contributed by atoms with Gasteiger partial charge in [-0.3, -0.25) is 19.2 Å². The Hall–Kier alpha value is -2.85. The summed E-state index contributed by atoms with van der Waals surface area (Å²) in [5.41, 5.74) is -0.548. The highest BCUT2D eigenvalue weighted by Gasteiger charge is 2.30. The zero-order valence-electron chi connectivity index (χ0n) is 13.3. The van der Waals surface area contributed by atoms with Gasteiger partial charge in [0.25, 0.3) is 15.7 Å². The van der Waals surface area contributed by atoms with E-state index in [-0.39, 0.29) is 16.5 Å². The molecule has 0 unspecified atom stereocenters. The fraction of sp³-hybridized carbons (Fsp3) is 0.133. The van der Waals surface area contributed by atoms with Crippen molar-refractivity contribution in [3.05, 3.63) is 57.6 Å². The Balaban J connectivity index is 2.67. The summed E-state index contributed by atoms with van der Waals surface area (Å²) in [6.07, 6.45) is 0. The summed E-state index contributed by atoms with van der Waals surface area (Å²) in [5, 5.41) is 20.2. The second kappa shape index (κ2) is 7.58. The number of nitro groups is 1. The van der Waals surface area contributed by atoms with Crippen LogP contribution in [-0.4, -0.2) is 38.1 Å². The zero-order chi connectivity index (χ0) is 19.5. The smallest absolute Gasteiger partial charge is 0.324 e. The number of nitrogens with zero attached hydrogens (tertiary/aromatic N) is 2. The van der Waals surface area contributed by atoms with Crippen molar-refractivity contribution in [3.8, 4) is 5.75 Å². The fourth-order valence-electron chi connectivity index (χ4n) is 2.17. The van der Waals surface area contributed by atoms with Crippen LogP contribution in [0.25, 0.3) is 0 Å². The Bertz CT molecular complexity index is 962. The molecule has 0 atom stereocenters. The summed E-state index contributed by atoms with van der Waals surface area (Å²) in [7, 11) is -3.16. The molecule has 26 heavy (non-hydrogen) atoms. The van der Waals surface area contributed by atoms with Gasteiger partial charge in [-0.05, 0) is 24.3 Å². The third kappa shape index (κ3) is 4.03. The average Bonchev–Trinajstić information content (AvgIpc) is 2.59. The fourth-order valence-corrected chi connectivity index (χ4v) is 3.79. The van der Waals surface area contributed by atoms with Crippen molar-refractivity contribution in [3.63, 3.8) is 0 Å². The first kappa shape index (κ1) is 19.5. The molecule has 0 fully saturated rings. The molecule has 9 nitrogen and oxygen atoms in total. The number of carbonyl (C=O) groups is 1. The number of benzene rings is 2. The van der Waals surface area contributed by atoms with Crippen LogP contribution >= 0.6 is 11.6 Å². The van der Waals surface area contributed by atoms with Crippen molar-refractivity contribution in [2.45, 2.75) is 4.90 Å². The molecule has 0 amide bonds.